The highest BCUT2D eigenvalue weighted by Crippen LogP contribution is 2.34. The molecule has 0 amide bonds. The van der Waals surface area contributed by atoms with E-state index in [2.05, 4.69) is 10.3 Å². The lowest BCUT2D eigenvalue weighted by molar-refractivity contribution is -0.137. The minimum absolute atomic E-state index is 0.0468. The van der Waals surface area contributed by atoms with E-state index in [0.29, 0.717) is 5.69 Å². The topological polar surface area (TPSA) is 48.7 Å². The molecular formula is C14H12F3N3S. The Kier molecular flexibility index (Phi) is 3.92. The first-order valence-electron chi connectivity index (χ1n) is 6.03. The molecule has 0 aliphatic rings. The number of hydrogen-bond donors (Lipinski definition) is 1. The monoisotopic (exact) mass is 311 g/mol. The molecule has 0 bridgehead atoms. The van der Waals surface area contributed by atoms with Crippen LogP contribution in [-0.4, -0.2) is 4.98 Å². The van der Waals surface area contributed by atoms with Gasteiger partial charge in [0.05, 0.1) is 22.4 Å². The summed E-state index contributed by atoms with van der Waals surface area (Å²) < 4.78 is 38.0. The van der Waals surface area contributed by atoms with Crippen molar-refractivity contribution in [2.75, 3.05) is 5.32 Å². The van der Waals surface area contributed by atoms with Gasteiger partial charge in [0.1, 0.15) is 11.1 Å². The van der Waals surface area contributed by atoms with E-state index in [-0.39, 0.29) is 5.56 Å². The van der Waals surface area contributed by atoms with Crippen LogP contribution in [0.25, 0.3) is 0 Å². The second-order valence-corrected chi connectivity index (χ2v) is 5.85. The fraction of sp³-hybridized carbons (Fsp3) is 0.286. The molecule has 2 aromatic rings. The van der Waals surface area contributed by atoms with Crippen molar-refractivity contribution in [2.24, 2.45) is 0 Å². The summed E-state index contributed by atoms with van der Waals surface area (Å²) in [4.78, 5) is 4.19. The molecule has 1 aromatic heterocycles. The van der Waals surface area contributed by atoms with E-state index < -0.39 is 17.3 Å². The maximum absolute atomic E-state index is 12.7. The molecule has 0 fully saturated rings. The van der Waals surface area contributed by atoms with Gasteiger partial charge in [-0.2, -0.15) is 18.4 Å². The third kappa shape index (κ3) is 3.34. The minimum Gasteiger partial charge on any atom is -0.373 e. The Morgan fingerprint density at radius 2 is 2.00 bits per heavy atom. The molecule has 0 spiro atoms. The van der Waals surface area contributed by atoms with Gasteiger partial charge in [-0.15, -0.1) is 11.3 Å². The zero-order valence-corrected chi connectivity index (χ0v) is 12.1. The molecule has 0 unspecified atom stereocenters. The van der Waals surface area contributed by atoms with Gasteiger partial charge in [-0.05, 0) is 32.0 Å². The number of benzene rings is 1. The molecule has 0 saturated heterocycles. The standard InChI is InChI=1S/C14H12F3N3S/c1-13(2,12-19-5-6-21-12)20-11-4-3-10(14(15,16)17)7-9(11)8-18/h3-7,20H,1-2H3. The number of hydrogen-bond acceptors (Lipinski definition) is 4. The van der Waals surface area contributed by atoms with Crippen molar-refractivity contribution in [3.05, 3.63) is 45.9 Å². The lowest BCUT2D eigenvalue weighted by Gasteiger charge is -2.26. The van der Waals surface area contributed by atoms with Gasteiger partial charge < -0.3 is 5.32 Å². The van der Waals surface area contributed by atoms with Crippen LogP contribution in [0.1, 0.15) is 30.0 Å². The second-order valence-electron chi connectivity index (χ2n) is 4.96. The number of thiazole rings is 1. The molecular weight excluding hydrogens is 299 g/mol. The highest BCUT2D eigenvalue weighted by Gasteiger charge is 2.32. The Bertz CT molecular complexity index is 670. The van der Waals surface area contributed by atoms with Crippen LogP contribution in [0.2, 0.25) is 0 Å². The van der Waals surface area contributed by atoms with Gasteiger partial charge in [0.15, 0.2) is 0 Å². The maximum Gasteiger partial charge on any atom is 0.416 e. The number of halogens is 3. The van der Waals surface area contributed by atoms with Crippen molar-refractivity contribution in [3.63, 3.8) is 0 Å². The van der Waals surface area contributed by atoms with Crippen molar-refractivity contribution in [2.45, 2.75) is 25.6 Å². The molecule has 0 aliphatic heterocycles. The summed E-state index contributed by atoms with van der Waals surface area (Å²) in [6.45, 7) is 3.70. The van der Waals surface area contributed by atoms with E-state index >= 15 is 0 Å². The van der Waals surface area contributed by atoms with E-state index in [0.717, 1.165) is 17.1 Å². The van der Waals surface area contributed by atoms with Crippen LogP contribution in [-0.2, 0) is 11.7 Å². The molecule has 0 radical (unpaired) electrons. The SMILES string of the molecule is CC(C)(Nc1ccc(C(F)(F)F)cc1C#N)c1nccs1. The Morgan fingerprint density at radius 3 is 2.52 bits per heavy atom. The van der Waals surface area contributed by atoms with Gasteiger partial charge in [0.25, 0.3) is 0 Å². The average molecular weight is 311 g/mol. The quantitative estimate of drug-likeness (QED) is 0.915. The highest BCUT2D eigenvalue weighted by atomic mass is 32.1. The molecule has 0 aliphatic carbocycles. The summed E-state index contributed by atoms with van der Waals surface area (Å²) >= 11 is 1.43. The first-order chi connectivity index (χ1) is 9.74. The van der Waals surface area contributed by atoms with Crippen LogP contribution >= 0.6 is 11.3 Å². The first kappa shape index (κ1) is 15.3. The van der Waals surface area contributed by atoms with Crippen LogP contribution < -0.4 is 5.32 Å². The number of alkyl halides is 3. The number of nitrogens with one attached hydrogen (secondary N) is 1. The van der Waals surface area contributed by atoms with E-state index in [9.17, 15) is 13.2 Å². The Morgan fingerprint density at radius 1 is 1.29 bits per heavy atom. The van der Waals surface area contributed by atoms with Crippen molar-refractivity contribution >= 4 is 17.0 Å². The van der Waals surface area contributed by atoms with Crippen LogP contribution in [0.5, 0.6) is 0 Å². The van der Waals surface area contributed by atoms with Gasteiger partial charge in [-0.1, -0.05) is 0 Å². The summed E-state index contributed by atoms with van der Waals surface area (Å²) in [5.41, 5.74) is -1.11. The van der Waals surface area contributed by atoms with Gasteiger partial charge >= 0.3 is 6.18 Å². The van der Waals surface area contributed by atoms with Crippen LogP contribution in [0, 0.1) is 11.3 Å². The summed E-state index contributed by atoms with van der Waals surface area (Å²) in [5, 5.41) is 14.7. The largest absolute Gasteiger partial charge is 0.416 e. The summed E-state index contributed by atoms with van der Waals surface area (Å²) in [6, 6.07) is 4.88. The van der Waals surface area contributed by atoms with E-state index in [1.807, 2.05) is 19.2 Å². The van der Waals surface area contributed by atoms with Gasteiger partial charge in [-0.25, -0.2) is 4.98 Å². The zero-order chi connectivity index (χ0) is 15.7. The number of aromatic nitrogens is 1. The lowest BCUT2D eigenvalue weighted by Crippen LogP contribution is -2.28. The molecule has 1 N–H and O–H groups in total. The molecule has 0 saturated carbocycles. The number of anilines is 1. The number of nitriles is 1. The van der Waals surface area contributed by atoms with E-state index in [4.69, 9.17) is 5.26 Å². The fourth-order valence-electron chi connectivity index (χ4n) is 1.84. The van der Waals surface area contributed by atoms with Crippen molar-refractivity contribution in [1.29, 1.82) is 5.26 Å². The molecule has 7 heteroatoms. The normalized spacial score (nSPS) is 12.0. The number of nitrogens with zero attached hydrogens (tertiary/aromatic N) is 2. The molecule has 21 heavy (non-hydrogen) atoms. The van der Waals surface area contributed by atoms with Crippen molar-refractivity contribution < 1.29 is 13.2 Å². The van der Waals surface area contributed by atoms with Gasteiger partial charge in [0.2, 0.25) is 0 Å². The average Bonchev–Trinajstić information content (AvgIpc) is 2.92. The molecule has 0 atom stereocenters. The van der Waals surface area contributed by atoms with Crippen LogP contribution in [0.4, 0.5) is 18.9 Å². The third-order valence-electron chi connectivity index (χ3n) is 2.88. The predicted molar refractivity (Wildman–Crippen MR) is 74.9 cm³/mol. The van der Waals surface area contributed by atoms with Crippen LogP contribution in [0.3, 0.4) is 0 Å². The van der Waals surface area contributed by atoms with Crippen LogP contribution in [0.15, 0.2) is 29.8 Å². The predicted octanol–water partition coefficient (Wildman–Crippen LogP) is 4.38. The number of rotatable bonds is 3. The Hall–Kier alpha value is -2.07. The van der Waals surface area contributed by atoms with Crippen molar-refractivity contribution in [1.82, 2.24) is 4.98 Å². The minimum atomic E-state index is -4.46. The smallest absolute Gasteiger partial charge is 0.373 e. The fourth-order valence-corrected chi connectivity index (χ4v) is 2.56. The van der Waals surface area contributed by atoms with E-state index in [1.54, 1.807) is 12.3 Å². The first-order valence-corrected chi connectivity index (χ1v) is 6.91. The van der Waals surface area contributed by atoms with Gasteiger partial charge in [-0.3, -0.25) is 0 Å². The van der Waals surface area contributed by atoms with Gasteiger partial charge in [0, 0.05) is 11.6 Å². The summed E-state index contributed by atoms with van der Waals surface area (Å²) in [5.74, 6) is 0. The Labute approximate surface area is 124 Å². The third-order valence-corrected chi connectivity index (χ3v) is 3.98. The molecule has 1 heterocycles. The molecule has 3 nitrogen and oxygen atoms in total. The molecule has 1 aromatic carbocycles. The molecule has 110 valence electrons. The summed E-state index contributed by atoms with van der Waals surface area (Å²) in [6.07, 6.45) is -2.81. The Balaban J connectivity index is 2.35. The lowest BCUT2D eigenvalue weighted by atomic mass is 10.0. The maximum atomic E-state index is 12.7. The highest BCUT2D eigenvalue weighted by molar-refractivity contribution is 7.09. The molecule has 2 rings (SSSR count). The van der Waals surface area contributed by atoms with E-state index in [1.165, 1.54) is 17.4 Å². The second kappa shape index (κ2) is 5.37. The van der Waals surface area contributed by atoms with Crippen molar-refractivity contribution in [3.8, 4) is 6.07 Å². The summed E-state index contributed by atoms with van der Waals surface area (Å²) in [7, 11) is 0. The zero-order valence-electron chi connectivity index (χ0n) is 11.3.